The van der Waals surface area contributed by atoms with Crippen molar-refractivity contribution >= 4 is 29.1 Å². The lowest BCUT2D eigenvalue weighted by molar-refractivity contribution is -0.123. The Morgan fingerprint density at radius 3 is 2.44 bits per heavy atom. The topological polar surface area (TPSA) is 113 Å². The molecule has 2 aliphatic rings. The second kappa shape index (κ2) is 8.68. The van der Waals surface area contributed by atoms with Crippen molar-refractivity contribution in [2.75, 3.05) is 12.3 Å². The lowest BCUT2D eigenvalue weighted by Crippen LogP contribution is -2.41. The first-order valence-corrected chi connectivity index (χ1v) is 11.8. The first-order valence-electron chi connectivity index (χ1n) is 10.8. The van der Waals surface area contributed by atoms with E-state index in [2.05, 4.69) is 5.32 Å². The van der Waals surface area contributed by atoms with Crippen LogP contribution in [0.15, 0.2) is 58.3 Å². The van der Waals surface area contributed by atoms with Gasteiger partial charge in [-0.15, -0.1) is 11.8 Å². The van der Waals surface area contributed by atoms with E-state index in [-0.39, 0.29) is 39.5 Å². The van der Waals surface area contributed by atoms with Crippen LogP contribution in [-0.2, 0) is 15.0 Å². The minimum Gasteiger partial charge on any atom is -0.507 e. The summed E-state index contributed by atoms with van der Waals surface area (Å²) in [5, 5.41) is 24.4. The van der Waals surface area contributed by atoms with E-state index in [1.807, 2.05) is 30.3 Å². The van der Waals surface area contributed by atoms with Crippen LogP contribution in [0.1, 0.15) is 42.3 Å². The fourth-order valence-corrected chi connectivity index (χ4v) is 5.16. The number of hydrogen-bond acceptors (Lipinski definition) is 8. The summed E-state index contributed by atoms with van der Waals surface area (Å²) < 4.78 is 5.77. The third-order valence-electron chi connectivity index (χ3n) is 6.26. The van der Waals surface area contributed by atoms with Crippen LogP contribution in [0.3, 0.4) is 0 Å². The molecule has 0 saturated heterocycles. The summed E-state index contributed by atoms with van der Waals surface area (Å²) in [7, 11) is 0. The maximum Gasteiger partial charge on any atom is 0.194 e. The molecule has 0 spiro atoms. The molecule has 0 amide bonds. The van der Waals surface area contributed by atoms with Crippen LogP contribution in [0.4, 0.5) is 0 Å². The fraction of sp³-hybridized carbons (Fsp3) is 0.269. The Balaban J connectivity index is 1.69. The van der Waals surface area contributed by atoms with Crippen LogP contribution in [0.25, 0.3) is 0 Å². The van der Waals surface area contributed by atoms with Crippen molar-refractivity contribution in [2.45, 2.75) is 38.0 Å². The highest BCUT2D eigenvalue weighted by Crippen LogP contribution is 2.57. The van der Waals surface area contributed by atoms with Crippen molar-refractivity contribution < 1.29 is 29.3 Å². The molecule has 176 valence electrons. The van der Waals surface area contributed by atoms with Gasteiger partial charge in [-0.05, 0) is 39.8 Å². The average molecular weight is 480 g/mol. The van der Waals surface area contributed by atoms with Crippen molar-refractivity contribution in [3.8, 4) is 17.2 Å². The maximum atomic E-state index is 13.7. The third kappa shape index (κ3) is 3.58. The minimum absolute atomic E-state index is 0.0245. The molecule has 1 aliphatic heterocycles. The summed E-state index contributed by atoms with van der Waals surface area (Å²) in [4.78, 5) is 40.0. The van der Waals surface area contributed by atoms with Gasteiger partial charge in [-0.25, -0.2) is 0 Å². The number of hydrogen-bond donors (Lipinski definition) is 3. The summed E-state index contributed by atoms with van der Waals surface area (Å²) in [6, 6.07) is 9.89. The van der Waals surface area contributed by atoms with E-state index in [0.29, 0.717) is 12.2 Å². The predicted octanol–water partition coefficient (Wildman–Crippen LogP) is 3.95. The summed E-state index contributed by atoms with van der Waals surface area (Å²) in [6.45, 7) is 6.46. The first kappa shape index (κ1) is 23.6. The lowest BCUT2D eigenvalue weighted by atomic mass is 9.70. The van der Waals surface area contributed by atoms with Gasteiger partial charge in [0.05, 0.1) is 11.1 Å². The van der Waals surface area contributed by atoms with E-state index in [9.17, 15) is 24.6 Å². The van der Waals surface area contributed by atoms with Crippen molar-refractivity contribution in [3.63, 3.8) is 0 Å². The van der Waals surface area contributed by atoms with Crippen LogP contribution >= 0.6 is 11.8 Å². The highest BCUT2D eigenvalue weighted by atomic mass is 32.2. The highest BCUT2D eigenvalue weighted by molar-refractivity contribution is 7.99. The van der Waals surface area contributed by atoms with Crippen molar-refractivity contribution in [1.29, 1.82) is 0 Å². The number of nitrogens with one attached hydrogen (secondary N) is 1. The molecule has 7 nitrogen and oxygen atoms in total. The van der Waals surface area contributed by atoms with Gasteiger partial charge in [-0.1, -0.05) is 18.2 Å². The summed E-state index contributed by atoms with van der Waals surface area (Å²) in [5.41, 5.74) is -1.08. The summed E-state index contributed by atoms with van der Waals surface area (Å²) in [6.07, 6.45) is 1.22. The summed E-state index contributed by atoms with van der Waals surface area (Å²) in [5.74, 6) is -1.62. The van der Waals surface area contributed by atoms with Gasteiger partial charge in [0.15, 0.2) is 17.3 Å². The van der Waals surface area contributed by atoms with Gasteiger partial charge < -0.3 is 20.3 Å². The molecule has 1 aliphatic carbocycles. The van der Waals surface area contributed by atoms with Gasteiger partial charge in [-0.3, -0.25) is 14.4 Å². The summed E-state index contributed by atoms with van der Waals surface area (Å²) >= 11 is 1.65. The van der Waals surface area contributed by atoms with Crippen LogP contribution in [0, 0.1) is 6.92 Å². The molecule has 1 atom stereocenters. The van der Waals surface area contributed by atoms with Crippen molar-refractivity contribution in [1.82, 2.24) is 5.32 Å². The Bertz CT molecular complexity index is 1290. The second-order valence-electron chi connectivity index (χ2n) is 8.47. The molecule has 34 heavy (non-hydrogen) atoms. The number of rotatable bonds is 6. The number of aromatic hydroxyl groups is 2. The third-order valence-corrected chi connectivity index (χ3v) is 7.28. The number of ketones is 3. The largest absolute Gasteiger partial charge is 0.507 e. The molecular weight excluding hydrogens is 454 g/mol. The highest BCUT2D eigenvalue weighted by Gasteiger charge is 2.56. The van der Waals surface area contributed by atoms with E-state index < -0.39 is 28.5 Å². The number of ether oxygens (including phenoxy) is 1. The van der Waals surface area contributed by atoms with Crippen LogP contribution in [-0.4, -0.2) is 39.9 Å². The molecule has 0 aromatic heterocycles. The number of phenols is 2. The molecule has 0 bridgehead atoms. The monoisotopic (exact) mass is 479 g/mol. The molecule has 0 radical (unpaired) electrons. The molecular formula is C26H25NO6S. The number of fused-ring (bicyclic) bond motifs is 3. The Kier molecular flexibility index (Phi) is 6.03. The number of benzene rings is 2. The maximum absolute atomic E-state index is 13.7. The van der Waals surface area contributed by atoms with Gasteiger partial charge in [0.25, 0.3) is 0 Å². The Labute approximate surface area is 201 Å². The predicted molar refractivity (Wildman–Crippen MR) is 128 cm³/mol. The molecule has 0 unspecified atom stereocenters. The molecule has 4 rings (SSSR count). The minimum atomic E-state index is -1.51. The molecule has 2 aromatic carbocycles. The first-order chi connectivity index (χ1) is 16.1. The number of carbonyl (C=O) groups excluding carboxylic acids is 3. The standard InChI is InChI=1S/C26H25NO6S/c1-13-22(30)20(15(3)28)24-21(23(13)31)26(4)18(33-24)12-17(29)19(25(26)32)14(2)27-10-11-34-16-8-6-5-7-9-16/h5-9,12,27,30-31H,10-11H2,1-4H3/t26-/m0/s1. The zero-order chi connectivity index (χ0) is 24.8. The van der Waals surface area contributed by atoms with E-state index in [4.69, 9.17) is 4.74 Å². The van der Waals surface area contributed by atoms with E-state index in [1.54, 1.807) is 25.6 Å². The molecule has 8 heteroatoms. The average Bonchev–Trinajstić information content (AvgIpc) is 3.09. The Morgan fingerprint density at radius 2 is 1.79 bits per heavy atom. The van der Waals surface area contributed by atoms with Gasteiger partial charge in [-0.2, -0.15) is 0 Å². The van der Waals surface area contributed by atoms with E-state index in [0.717, 1.165) is 10.6 Å². The van der Waals surface area contributed by atoms with Gasteiger partial charge in [0.2, 0.25) is 0 Å². The number of thioether (sulfide) groups is 1. The zero-order valence-corrected chi connectivity index (χ0v) is 20.1. The molecule has 1 heterocycles. The van der Waals surface area contributed by atoms with Crippen molar-refractivity contribution in [2.24, 2.45) is 0 Å². The molecule has 2 aromatic rings. The normalized spacial score (nSPS) is 20.3. The SMILES string of the molecule is CC(=O)c1c(O)c(C)c(O)c2c1OC1=CC(=O)C(=C(C)NCCSc3ccccc3)C(=O)[C@@]12C. The van der Waals surface area contributed by atoms with Crippen LogP contribution < -0.4 is 10.1 Å². The van der Waals surface area contributed by atoms with Gasteiger partial charge in [0.1, 0.15) is 34.0 Å². The number of carbonyl (C=O) groups is 3. The zero-order valence-electron chi connectivity index (χ0n) is 19.3. The quantitative estimate of drug-likeness (QED) is 0.188. The van der Waals surface area contributed by atoms with E-state index >= 15 is 0 Å². The smallest absolute Gasteiger partial charge is 0.194 e. The van der Waals surface area contributed by atoms with E-state index in [1.165, 1.54) is 19.9 Å². The number of phenolic OH excluding ortho intramolecular Hbond substituents is 2. The van der Waals surface area contributed by atoms with Gasteiger partial charge in [0, 0.05) is 34.5 Å². The number of allylic oxidation sites excluding steroid dienone is 4. The fourth-order valence-electron chi connectivity index (χ4n) is 4.37. The molecule has 3 N–H and O–H groups in total. The number of Topliss-reactive ketones (excluding diaryl/α,β-unsaturated/α-hetero) is 2. The van der Waals surface area contributed by atoms with Crippen LogP contribution in [0.2, 0.25) is 0 Å². The van der Waals surface area contributed by atoms with Gasteiger partial charge >= 0.3 is 0 Å². The lowest BCUT2D eigenvalue weighted by Gasteiger charge is -2.29. The Morgan fingerprint density at radius 1 is 1.12 bits per heavy atom. The molecule has 0 fully saturated rings. The Hall–Kier alpha value is -3.52. The molecule has 0 saturated carbocycles. The van der Waals surface area contributed by atoms with Crippen LogP contribution in [0.5, 0.6) is 17.2 Å². The van der Waals surface area contributed by atoms with Crippen molar-refractivity contribution in [3.05, 3.63) is 70.1 Å². The second-order valence-corrected chi connectivity index (χ2v) is 9.64.